The van der Waals surface area contributed by atoms with Crippen molar-refractivity contribution in [3.63, 3.8) is 0 Å². The second-order valence-electron chi connectivity index (χ2n) is 17.4. The molecule has 11 aromatic rings. The third-order valence-corrected chi connectivity index (χ3v) is 13.8. The molecule has 13 rings (SSSR count). The molecule has 2 aliphatic carbocycles. The van der Waals surface area contributed by atoms with Gasteiger partial charge in [0.25, 0.3) is 0 Å². The van der Waals surface area contributed by atoms with Crippen molar-refractivity contribution in [1.29, 1.82) is 0 Å². The molecule has 64 heavy (non-hydrogen) atoms. The topological polar surface area (TPSA) is 29.5 Å². The largest absolute Gasteiger partial charge is 0.460 e. The third-order valence-electron chi connectivity index (χ3n) is 13.8. The molecular formula is C61H43NO2. The van der Waals surface area contributed by atoms with E-state index in [1.165, 1.54) is 87.7 Å². The lowest BCUT2D eigenvalue weighted by Crippen LogP contribution is -2.32. The van der Waals surface area contributed by atoms with Gasteiger partial charge < -0.3 is 13.7 Å². The minimum Gasteiger partial charge on any atom is -0.460 e. The minimum atomic E-state index is 0.230. The van der Waals surface area contributed by atoms with Crippen LogP contribution in [-0.2, 0) is 6.42 Å². The number of anilines is 2. The van der Waals surface area contributed by atoms with Crippen LogP contribution in [0.25, 0.3) is 94.4 Å². The van der Waals surface area contributed by atoms with E-state index in [0.717, 1.165) is 59.0 Å². The van der Waals surface area contributed by atoms with Gasteiger partial charge >= 0.3 is 0 Å². The zero-order chi connectivity index (χ0) is 42.1. The van der Waals surface area contributed by atoms with Gasteiger partial charge in [-0.05, 0) is 128 Å². The summed E-state index contributed by atoms with van der Waals surface area (Å²) in [4.78, 5) is 2.63. The zero-order valence-corrected chi connectivity index (χ0v) is 35.3. The maximum atomic E-state index is 6.68. The molecule has 0 saturated carbocycles. The van der Waals surface area contributed by atoms with E-state index in [2.05, 4.69) is 199 Å². The minimum absolute atomic E-state index is 0.230. The Kier molecular flexibility index (Phi) is 8.55. The number of benzene rings is 9. The number of furan rings is 2. The Labute approximate surface area is 371 Å². The lowest BCUT2D eigenvalue weighted by Gasteiger charge is -2.37. The lowest BCUT2D eigenvalue weighted by molar-refractivity contribution is 0.568. The molecule has 1 atom stereocenters. The van der Waals surface area contributed by atoms with Gasteiger partial charge in [0, 0.05) is 51.1 Å². The fourth-order valence-corrected chi connectivity index (χ4v) is 10.7. The molecule has 304 valence electrons. The van der Waals surface area contributed by atoms with E-state index in [1.807, 2.05) is 12.1 Å². The van der Waals surface area contributed by atoms with Crippen molar-refractivity contribution in [1.82, 2.24) is 0 Å². The summed E-state index contributed by atoms with van der Waals surface area (Å²) in [6, 6.07) is 68.7. The van der Waals surface area contributed by atoms with Crippen LogP contribution >= 0.6 is 0 Å². The Bertz CT molecular complexity index is 3810. The first-order chi connectivity index (χ1) is 31.7. The van der Waals surface area contributed by atoms with Gasteiger partial charge in [-0.2, -0.15) is 0 Å². The van der Waals surface area contributed by atoms with Crippen molar-refractivity contribution in [3.05, 3.63) is 221 Å². The Morgan fingerprint density at radius 3 is 2.09 bits per heavy atom. The highest BCUT2D eigenvalue weighted by Gasteiger charge is 2.28. The van der Waals surface area contributed by atoms with Crippen LogP contribution < -0.4 is 15.3 Å². The van der Waals surface area contributed by atoms with Crippen LogP contribution in [0.3, 0.4) is 0 Å². The molecule has 0 fully saturated rings. The highest BCUT2D eigenvalue weighted by molar-refractivity contribution is 6.11. The van der Waals surface area contributed by atoms with E-state index in [1.54, 1.807) is 0 Å². The lowest BCUT2D eigenvalue weighted by atomic mass is 9.86. The first-order valence-corrected chi connectivity index (χ1v) is 22.5. The molecule has 0 saturated heterocycles. The van der Waals surface area contributed by atoms with E-state index in [-0.39, 0.29) is 6.04 Å². The van der Waals surface area contributed by atoms with Gasteiger partial charge in [0.05, 0.1) is 0 Å². The number of nitrogens with zero attached hydrogens (tertiary/aromatic N) is 1. The fraction of sp³-hybridized carbons (Fsp3) is 0.0820. The van der Waals surface area contributed by atoms with E-state index < -0.39 is 0 Å². The van der Waals surface area contributed by atoms with Crippen LogP contribution in [-0.4, -0.2) is 6.04 Å². The molecule has 9 aromatic carbocycles. The van der Waals surface area contributed by atoms with Crippen LogP contribution in [0.2, 0.25) is 0 Å². The Balaban J connectivity index is 0.938. The summed E-state index contributed by atoms with van der Waals surface area (Å²) in [6.45, 7) is 0. The van der Waals surface area contributed by atoms with Gasteiger partial charge in [-0.15, -0.1) is 0 Å². The summed E-state index contributed by atoms with van der Waals surface area (Å²) >= 11 is 0. The van der Waals surface area contributed by atoms with Crippen LogP contribution in [0.15, 0.2) is 203 Å². The van der Waals surface area contributed by atoms with Crippen molar-refractivity contribution in [2.24, 2.45) is 0 Å². The molecule has 2 aromatic heterocycles. The summed E-state index contributed by atoms with van der Waals surface area (Å²) in [5, 5.41) is 11.2. The molecule has 0 amide bonds. The molecule has 2 aliphatic rings. The first kappa shape index (κ1) is 36.7. The fourth-order valence-electron chi connectivity index (χ4n) is 10.7. The average molecular weight is 822 g/mol. The maximum absolute atomic E-state index is 6.68. The smallest absolute Gasteiger partial charge is 0.135 e. The van der Waals surface area contributed by atoms with E-state index in [4.69, 9.17) is 8.83 Å². The zero-order valence-electron chi connectivity index (χ0n) is 35.3. The molecule has 0 bridgehead atoms. The van der Waals surface area contributed by atoms with Crippen LogP contribution in [0.4, 0.5) is 11.4 Å². The number of allylic oxidation sites excluding steroid dienone is 1. The summed E-state index contributed by atoms with van der Waals surface area (Å²) < 4.78 is 12.9. The quantitative estimate of drug-likeness (QED) is 0.157. The molecule has 0 spiro atoms. The number of hydrogen-bond donors (Lipinski definition) is 0. The van der Waals surface area contributed by atoms with Crippen molar-refractivity contribution in [2.45, 2.75) is 31.7 Å². The third kappa shape index (κ3) is 6.03. The van der Waals surface area contributed by atoms with Gasteiger partial charge in [-0.3, -0.25) is 0 Å². The number of fused-ring (bicyclic) bond motifs is 10. The van der Waals surface area contributed by atoms with Gasteiger partial charge in [0.2, 0.25) is 0 Å². The van der Waals surface area contributed by atoms with E-state index in [9.17, 15) is 0 Å². The van der Waals surface area contributed by atoms with Crippen LogP contribution in [0.1, 0.15) is 36.1 Å². The monoisotopic (exact) mass is 821 g/mol. The Hall–Kier alpha value is -7.88. The highest BCUT2D eigenvalue weighted by Crippen LogP contribution is 2.45. The predicted molar refractivity (Wildman–Crippen MR) is 267 cm³/mol. The first-order valence-electron chi connectivity index (χ1n) is 22.5. The summed E-state index contributed by atoms with van der Waals surface area (Å²) in [5.41, 5.74) is 13.8. The van der Waals surface area contributed by atoms with Gasteiger partial charge in [0.15, 0.2) is 0 Å². The van der Waals surface area contributed by atoms with Gasteiger partial charge in [0.1, 0.15) is 22.5 Å². The molecule has 0 N–H and O–H groups in total. The number of rotatable bonds is 6. The average Bonchev–Trinajstić information content (AvgIpc) is 3.85. The predicted octanol–water partition coefficient (Wildman–Crippen LogP) is 14.9. The van der Waals surface area contributed by atoms with E-state index in [0.29, 0.717) is 0 Å². The van der Waals surface area contributed by atoms with Crippen molar-refractivity contribution in [2.75, 3.05) is 4.90 Å². The number of hydrogen-bond acceptors (Lipinski definition) is 3. The molecule has 0 aliphatic heterocycles. The van der Waals surface area contributed by atoms with Crippen molar-refractivity contribution >= 4 is 83.6 Å². The standard InChI is InChI=1S/C61H43NO2/c1-2-13-43-38-55-59(35-28-39(43)11-1)64-60-22-10-19-53(61(55)60)51-15-5-7-20-56(51)62(45-30-23-40(24-31-45)44-29-36-58-54(37-44)52-16-6-8-21-57(52)63-58)46-32-25-42(26-33-46)48-17-9-18-49-47-14-4-3-12-41(47)27-34-50(48)49/h1-25,27-31,34,36-38,46H,26,32-33,35H2. The van der Waals surface area contributed by atoms with E-state index >= 15 is 0 Å². The van der Waals surface area contributed by atoms with Crippen LogP contribution in [0, 0.1) is 0 Å². The highest BCUT2D eigenvalue weighted by atomic mass is 16.3. The van der Waals surface area contributed by atoms with Crippen molar-refractivity contribution in [3.8, 4) is 22.3 Å². The SMILES string of the molecule is C1=C(c2cccc3c2ccc2ccccc23)CCC(N(c2ccc(-c3ccc4oc5ccccc5c4c3)cc2)c2ccccc2-c2cccc3oc4c(c23)C=c2ccccc2=CC4)C1. The number of para-hydroxylation sites is 2. The maximum Gasteiger partial charge on any atom is 0.135 e. The molecule has 3 heteroatoms. The molecule has 2 heterocycles. The molecular weight excluding hydrogens is 779 g/mol. The second kappa shape index (κ2) is 14.9. The normalized spacial score (nSPS) is 14.8. The summed E-state index contributed by atoms with van der Waals surface area (Å²) in [5.74, 6) is 1.01. The Morgan fingerprint density at radius 1 is 0.469 bits per heavy atom. The molecule has 1 unspecified atom stereocenters. The molecule has 3 nitrogen and oxygen atoms in total. The Morgan fingerprint density at radius 2 is 1.19 bits per heavy atom. The second-order valence-corrected chi connectivity index (χ2v) is 17.4. The summed E-state index contributed by atoms with van der Waals surface area (Å²) in [6.07, 6.45) is 10.8. The van der Waals surface area contributed by atoms with Crippen LogP contribution in [0.5, 0.6) is 0 Å². The summed E-state index contributed by atoms with van der Waals surface area (Å²) in [7, 11) is 0. The van der Waals surface area contributed by atoms with Crippen molar-refractivity contribution < 1.29 is 8.83 Å². The molecule has 0 radical (unpaired) electrons. The van der Waals surface area contributed by atoms with Gasteiger partial charge in [-0.25, -0.2) is 0 Å². The van der Waals surface area contributed by atoms with Gasteiger partial charge in [-0.1, -0.05) is 158 Å².